The lowest BCUT2D eigenvalue weighted by Crippen LogP contribution is -2.66. The maximum atomic E-state index is 14.5. The van der Waals surface area contributed by atoms with Crippen LogP contribution in [0, 0.1) is 46.3 Å². The van der Waals surface area contributed by atoms with E-state index in [9.17, 15) is 71.2 Å². The van der Waals surface area contributed by atoms with Gasteiger partial charge in [-0.05, 0) is 86.4 Å². The van der Waals surface area contributed by atoms with Crippen molar-refractivity contribution in [3.63, 3.8) is 0 Å². The summed E-state index contributed by atoms with van der Waals surface area (Å²) in [6, 6.07) is 0. The fourth-order valence-electron chi connectivity index (χ4n) is 14.8. The van der Waals surface area contributed by atoms with Crippen LogP contribution in [0.25, 0.3) is 0 Å². The lowest BCUT2D eigenvalue weighted by atomic mass is 9.46. The molecule has 8 fully saturated rings. The second-order valence-electron chi connectivity index (χ2n) is 23.8. The highest BCUT2D eigenvalue weighted by atomic mass is 16.8. The van der Waals surface area contributed by atoms with Crippen molar-refractivity contribution in [1.29, 1.82) is 0 Å². The number of aliphatic hydroxyl groups is 13. The van der Waals surface area contributed by atoms with E-state index in [2.05, 4.69) is 26.8 Å². The minimum absolute atomic E-state index is 0.0804. The first-order valence-corrected chi connectivity index (χ1v) is 26.7. The Bertz CT molecular complexity index is 1980. The molecule has 0 aromatic carbocycles. The molecule has 74 heavy (non-hydrogen) atoms. The van der Waals surface area contributed by atoms with Gasteiger partial charge in [-0.15, -0.1) is 0 Å². The first-order valence-electron chi connectivity index (χ1n) is 26.7. The fraction of sp³-hybridized carbons (Fsp3) is 0.941. The number of carbonyl (C=O) groups excluding carboxylic acids is 1. The summed E-state index contributed by atoms with van der Waals surface area (Å²) in [4.78, 5) is 14.5. The highest BCUT2D eigenvalue weighted by Crippen LogP contribution is 2.70. The third kappa shape index (κ3) is 10.0. The summed E-state index contributed by atoms with van der Waals surface area (Å²) in [5.41, 5.74) is 0.372. The van der Waals surface area contributed by atoms with Crippen molar-refractivity contribution in [1.82, 2.24) is 0 Å². The summed E-state index contributed by atoms with van der Waals surface area (Å²) in [5.74, 6) is -1.19. The average Bonchev–Trinajstić information content (AvgIpc) is 3.82. The van der Waals surface area contributed by atoms with E-state index in [1.54, 1.807) is 0 Å². The number of Topliss-reactive ketones (excluding diaryl/α,β-unsaturated/α-hetero) is 1. The van der Waals surface area contributed by atoms with Crippen LogP contribution in [0.3, 0.4) is 0 Å². The molecule has 5 aliphatic heterocycles. The van der Waals surface area contributed by atoms with Crippen LogP contribution >= 0.6 is 0 Å². The predicted molar refractivity (Wildman–Crippen MR) is 249 cm³/mol. The van der Waals surface area contributed by atoms with Crippen LogP contribution in [0.5, 0.6) is 0 Å². The number of rotatable bonds is 14. The maximum Gasteiger partial charge on any atom is 0.187 e. The largest absolute Gasteiger partial charge is 0.394 e. The topological polar surface area (TPSA) is 363 Å². The van der Waals surface area contributed by atoms with E-state index < -0.39 is 153 Å². The number of aliphatic hydroxyl groups excluding tert-OH is 12. The molecule has 0 bridgehead atoms. The van der Waals surface area contributed by atoms with Crippen molar-refractivity contribution >= 4 is 5.78 Å². The van der Waals surface area contributed by atoms with Crippen LogP contribution in [0.1, 0.15) is 92.9 Å². The zero-order valence-corrected chi connectivity index (χ0v) is 42.9. The molecule has 23 heteroatoms. The third-order valence-electron chi connectivity index (χ3n) is 19.3. The molecule has 5 saturated heterocycles. The van der Waals surface area contributed by atoms with E-state index in [0.717, 1.165) is 31.3 Å². The van der Waals surface area contributed by atoms with Crippen molar-refractivity contribution < 1.29 is 114 Å². The number of fused-ring (bicyclic) bond motifs is 7. The Kier molecular flexibility index (Phi) is 16.9. The van der Waals surface area contributed by atoms with Crippen molar-refractivity contribution in [3.8, 4) is 0 Å². The number of allylic oxidation sites excluding steroid dienone is 1. The molecule has 424 valence electrons. The maximum absolute atomic E-state index is 14.5. The monoisotopic (exact) mass is 1060 g/mol. The van der Waals surface area contributed by atoms with Gasteiger partial charge in [0.05, 0.1) is 38.1 Å². The van der Waals surface area contributed by atoms with Crippen LogP contribution in [0.15, 0.2) is 11.6 Å². The Hall–Kier alpha value is -1.47. The second kappa shape index (κ2) is 21.9. The summed E-state index contributed by atoms with van der Waals surface area (Å²) in [5, 5.41) is 138. The Labute approximate surface area is 430 Å². The quantitative estimate of drug-likeness (QED) is 0.0782. The molecule has 31 atom stereocenters. The lowest BCUT2D eigenvalue weighted by Gasteiger charge is -2.58. The molecular weight excluding hydrogens is 981 g/mol. The summed E-state index contributed by atoms with van der Waals surface area (Å²) < 4.78 is 54.0. The third-order valence-corrected chi connectivity index (χ3v) is 19.3. The van der Waals surface area contributed by atoms with E-state index in [-0.39, 0.29) is 72.3 Å². The Morgan fingerprint density at radius 3 is 1.89 bits per heavy atom. The van der Waals surface area contributed by atoms with Gasteiger partial charge in [0.15, 0.2) is 36.7 Å². The summed E-state index contributed by atoms with van der Waals surface area (Å²) in [7, 11) is 0. The molecule has 0 amide bonds. The van der Waals surface area contributed by atoms with E-state index in [4.69, 9.17) is 42.6 Å². The second-order valence-corrected chi connectivity index (χ2v) is 23.8. The van der Waals surface area contributed by atoms with E-state index >= 15 is 0 Å². The van der Waals surface area contributed by atoms with Gasteiger partial charge < -0.3 is 109 Å². The summed E-state index contributed by atoms with van der Waals surface area (Å²) in [6.07, 6.45) is -24.9. The zero-order valence-electron chi connectivity index (χ0n) is 42.9. The molecule has 0 aromatic heterocycles. The normalized spacial score (nSPS) is 54.9. The molecular formula is C51H82O23. The van der Waals surface area contributed by atoms with Gasteiger partial charge >= 0.3 is 0 Å². The SMILES string of the molecule is C[C@@H](CC[C@@]1(O)O[C@H]2C[C@H]3[C@@H]4CC=C5C[C@@H](O[C@@H]6O[C@H](CO)[C@@H](O[C@@H]7O[C@@H](C)[C@H](O)[C@@H](O)[C@H]7O)[C@H](O)[C@H]6O[C@@H]6O[C@@H](C)[C@H](O)[C@@H](O)[C@H]6O)C(=O)C[C@]5(C)[C@H]4CC[C@]3(C)[C@H]2[C@@H]1C)CO[C@@H]1O[C@H](CO)[C@@H](O)[C@H](O)[C@H]1O. The first kappa shape index (κ1) is 57.2. The summed E-state index contributed by atoms with van der Waals surface area (Å²) >= 11 is 0. The standard InChI is InChI=1S/C51H82O23/c1-19(18-66-45-39(61)38(60)35(57)30(16-52)70-45)9-12-51(65)20(2)32-29(74-51)14-26-24-8-7-23-13-28(27(54)15-50(23,6)25(24)10-11-49(26,32)5)69-48-44(73-47-41(63)37(59)34(56)22(4)68-47)42(64)43(31(17-53)71-48)72-46-40(62)36(58)33(55)21(3)67-46/h7,19-22,24-26,28-48,52-53,55-65H,8-18H2,1-6H3/t19-,20-,21-,22-,24+,25-,26-,28+,29-,30+,31+,32-,33-,34-,35+,36+,37+,38-,39+,40+,41+,42-,43+,44+,45+,46-,47-,48+,49-,50-,51+/m0/s1. The van der Waals surface area contributed by atoms with Crippen LogP contribution in [-0.2, 0) is 47.4 Å². The Morgan fingerprint density at radius 2 is 1.27 bits per heavy atom. The van der Waals surface area contributed by atoms with Gasteiger partial charge in [0.25, 0.3) is 0 Å². The number of hydrogen-bond donors (Lipinski definition) is 13. The zero-order chi connectivity index (χ0) is 53.7. The number of ether oxygens (including phenoxy) is 9. The number of hydrogen-bond acceptors (Lipinski definition) is 23. The molecule has 23 nitrogen and oxygen atoms in total. The Morgan fingerprint density at radius 1 is 0.689 bits per heavy atom. The number of ketones is 1. The van der Waals surface area contributed by atoms with Crippen molar-refractivity contribution in [2.24, 2.45) is 46.3 Å². The molecule has 4 aliphatic carbocycles. The molecule has 0 aromatic rings. The van der Waals surface area contributed by atoms with Crippen molar-refractivity contribution in [2.45, 2.75) is 234 Å². The van der Waals surface area contributed by atoms with Crippen LogP contribution in [0.4, 0.5) is 0 Å². The van der Waals surface area contributed by atoms with Crippen LogP contribution in [0.2, 0.25) is 0 Å². The average molecular weight is 1060 g/mol. The van der Waals surface area contributed by atoms with E-state index in [1.165, 1.54) is 13.8 Å². The van der Waals surface area contributed by atoms with E-state index in [1.807, 2.05) is 6.92 Å². The molecule has 0 unspecified atom stereocenters. The van der Waals surface area contributed by atoms with Crippen molar-refractivity contribution in [3.05, 3.63) is 11.6 Å². The molecule has 9 aliphatic rings. The lowest BCUT2D eigenvalue weighted by molar-refractivity contribution is -0.387. The fourth-order valence-corrected chi connectivity index (χ4v) is 14.8. The van der Waals surface area contributed by atoms with Gasteiger partial charge in [0, 0.05) is 25.2 Å². The smallest absolute Gasteiger partial charge is 0.187 e. The van der Waals surface area contributed by atoms with E-state index in [0.29, 0.717) is 12.8 Å². The minimum atomic E-state index is -1.82. The molecule has 0 spiro atoms. The van der Waals surface area contributed by atoms with Gasteiger partial charge in [-0.3, -0.25) is 4.79 Å². The highest BCUT2D eigenvalue weighted by Gasteiger charge is 2.68. The summed E-state index contributed by atoms with van der Waals surface area (Å²) in [6.45, 7) is 10.1. The van der Waals surface area contributed by atoms with Crippen molar-refractivity contribution in [2.75, 3.05) is 19.8 Å². The van der Waals surface area contributed by atoms with Gasteiger partial charge in [-0.2, -0.15) is 0 Å². The molecule has 5 heterocycles. The molecule has 13 N–H and O–H groups in total. The van der Waals surface area contributed by atoms with Crippen LogP contribution in [-0.4, -0.2) is 233 Å². The predicted octanol–water partition coefficient (Wildman–Crippen LogP) is -2.80. The van der Waals surface area contributed by atoms with Gasteiger partial charge in [0.1, 0.15) is 91.6 Å². The Balaban J connectivity index is 0.861. The van der Waals surface area contributed by atoms with Gasteiger partial charge in [-0.1, -0.05) is 39.3 Å². The molecule has 0 radical (unpaired) electrons. The highest BCUT2D eigenvalue weighted by molar-refractivity contribution is 5.86. The van der Waals surface area contributed by atoms with Gasteiger partial charge in [0.2, 0.25) is 0 Å². The molecule has 3 saturated carbocycles. The van der Waals surface area contributed by atoms with Crippen LogP contribution < -0.4 is 0 Å². The first-order chi connectivity index (χ1) is 34.9. The minimum Gasteiger partial charge on any atom is -0.394 e. The van der Waals surface area contributed by atoms with Gasteiger partial charge in [-0.25, -0.2) is 0 Å². The number of carbonyl (C=O) groups is 1. The molecule has 9 rings (SSSR count).